The van der Waals surface area contributed by atoms with Gasteiger partial charge in [0.1, 0.15) is 0 Å². The molecule has 0 fully saturated rings. The molecule has 2 aromatic carbocycles. The predicted molar refractivity (Wildman–Crippen MR) is 98.9 cm³/mol. The van der Waals surface area contributed by atoms with E-state index in [1.807, 2.05) is 6.20 Å². The fourth-order valence-electron chi connectivity index (χ4n) is 3.62. The predicted octanol–water partition coefficient (Wildman–Crippen LogP) is 5.02. The minimum absolute atomic E-state index is 0.993. The molecule has 0 spiro atoms. The van der Waals surface area contributed by atoms with E-state index in [-0.39, 0.29) is 0 Å². The first-order chi connectivity index (χ1) is 11.4. The average molecular weight is 302 g/mol. The summed E-state index contributed by atoms with van der Waals surface area (Å²) in [5.41, 5.74) is 6.91. The second kappa shape index (κ2) is 5.96. The number of benzene rings is 2. The van der Waals surface area contributed by atoms with Gasteiger partial charge in [-0.05, 0) is 47.7 Å². The molecule has 0 radical (unpaired) electrons. The second-order valence-corrected chi connectivity index (χ2v) is 6.15. The molecule has 0 unspecified atom stereocenters. The number of fused-ring (bicyclic) bond motifs is 1. The minimum atomic E-state index is 0.993. The summed E-state index contributed by atoms with van der Waals surface area (Å²) in [7, 11) is 0. The Labute approximate surface area is 137 Å². The molecule has 0 bridgehead atoms. The van der Waals surface area contributed by atoms with Crippen molar-refractivity contribution in [2.75, 3.05) is 18.0 Å². The topological polar surface area (TPSA) is 19.0 Å². The molecule has 0 atom stereocenters. The first-order valence-corrected chi connectivity index (χ1v) is 8.45. The fourth-order valence-corrected chi connectivity index (χ4v) is 3.62. The Hall–Kier alpha value is -2.48. The Bertz CT molecular complexity index is 857. The van der Waals surface area contributed by atoms with E-state index in [1.165, 1.54) is 33.3 Å². The summed E-state index contributed by atoms with van der Waals surface area (Å²) >= 11 is 0. The Kier molecular flexibility index (Phi) is 3.66. The molecular weight excluding hydrogens is 280 g/mol. The van der Waals surface area contributed by atoms with Crippen molar-refractivity contribution in [1.29, 1.82) is 0 Å². The number of aromatic amines is 1. The molecular formula is C21H22N2. The lowest BCUT2D eigenvalue weighted by atomic mass is 9.96. The molecule has 2 heterocycles. The van der Waals surface area contributed by atoms with Crippen molar-refractivity contribution in [2.24, 2.45) is 0 Å². The normalized spacial score (nSPS) is 15.0. The number of aromatic nitrogens is 1. The fraction of sp³-hybridized carbons (Fsp3) is 0.238. The lowest BCUT2D eigenvalue weighted by Crippen LogP contribution is -2.29. The highest BCUT2D eigenvalue weighted by atomic mass is 15.1. The van der Waals surface area contributed by atoms with Crippen molar-refractivity contribution in [1.82, 2.24) is 4.98 Å². The monoisotopic (exact) mass is 302 g/mol. The van der Waals surface area contributed by atoms with Crippen LogP contribution in [0.15, 0.2) is 60.8 Å². The number of rotatable bonds is 3. The van der Waals surface area contributed by atoms with E-state index < -0.39 is 0 Å². The summed E-state index contributed by atoms with van der Waals surface area (Å²) in [6.07, 6.45) is 6.62. The van der Waals surface area contributed by atoms with Gasteiger partial charge < -0.3 is 9.88 Å². The highest BCUT2D eigenvalue weighted by Gasteiger charge is 2.16. The van der Waals surface area contributed by atoms with E-state index in [9.17, 15) is 0 Å². The van der Waals surface area contributed by atoms with Gasteiger partial charge in [-0.15, -0.1) is 0 Å². The third-order valence-corrected chi connectivity index (χ3v) is 4.86. The van der Waals surface area contributed by atoms with Crippen molar-refractivity contribution in [3.63, 3.8) is 0 Å². The van der Waals surface area contributed by atoms with Crippen LogP contribution in [0.4, 0.5) is 5.69 Å². The van der Waals surface area contributed by atoms with Gasteiger partial charge in [-0.3, -0.25) is 0 Å². The molecule has 0 saturated heterocycles. The SMILES string of the molecule is CCc1ccccc1N1CC=C(c2cccc3[nH]ccc23)CC1. The third kappa shape index (κ3) is 2.55. The number of aryl methyl sites for hydroxylation is 1. The second-order valence-electron chi connectivity index (χ2n) is 6.15. The Morgan fingerprint density at radius 2 is 1.96 bits per heavy atom. The zero-order valence-electron chi connectivity index (χ0n) is 13.5. The highest BCUT2D eigenvalue weighted by Crippen LogP contribution is 2.31. The number of hydrogen-bond donors (Lipinski definition) is 1. The minimum Gasteiger partial charge on any atom is -0.367 e. The molecule has 4 rings (SSSR count). The molecule has 0 saturated carbocycles. The first kappa shape index (κ1) is 14.1. The number of nitrogens with one attached hydrogen (secondary N) is 1. The summed E-state index contributed by atoms with van der Waals surface area (Å²) in [4.78, 5) is 5.81. The molecule has 2 nitrogen and oxygen atoms in total. The molecule has 0 amide bonds. The Morgan fingerprint density at radius 1 is 1.04 bits per heavy atom. The van der Waals surface area contributed by atoms with Crippen molar-refractivity contribution in [2.45, 2.75) is 19.8 Å². The van der Waals surface area contributed by atoms with Gasteiger partial charge in [-0.1, -0.05) is 43.3 Å². The van der Waals surface area contributed by atoms with Gasteiger partial charge in [0.25, 0.3) is 0 Å². The van der Waals surface area contributed by atoms with Crippen molar-refractivity contribution < 1.29 is 0 Å². The number of anilines is 1. The van der Waals surface area contributed by atoms with E-state index in [0.29, 0.717) is 0 Å². The van der Waals surface area contributed by atoms with Gasteiger partial charge in [0.15, 0.2) is 0 Å². The molecule has 1 aliphatic rings. The average Bonchev–Trinajstić information content (AvgIpc) is 3.10. The zero-order valence-corrected chi connectivity index (χ0v) is 13.5. The quantitative estimate of drug-likeness (QED) is 0.719. The van der Waals surface area contributed by atoms with Crippen LogP contribution in [0.3, 0.4) is 0 Å². The zero-order chi connectivity index (χ0) is 15.6. The summed E-state index contributed by atoms with van der Waals surface area (Å²) in [5.74, 6) is 0. The van der Waals surface area contributed by atoms with Gasteiger partial charge in [-0.2, -0.15) is 0 Å². The van der Waals surface area contributed by atoms with Crippen LogP contribution in [0, 0.1) is 0 Å². The van der Waals surface area contributed by atoms with Crippen molar-refractivity contribution >= 4 is 22.2 Å². The van der Waals surface area contributed by atoms with Crippen LogP contribution in [0.25, 0.3) is 16.5 Å². The largest absolute Gasteiger partial charge is 0.367 e. The molecule has 1 aromatic heterocycles. The van der Waals surface area contributed by atoms with Crippen LogP contribution in [-0.2, 0) is 6.42 Å². The summed E-state index contributed by atoms with van der Waals surface area (Å²) in [5, 5.41) is 1.33. The Balaban J connectivity index is 1.63. The van der Waals surface area contributed by atoms with E-state index in [4.69, 9.17) is 0 Å². The lowest BCUT2D eigenvalue weighted by molar-refractivity contribution is 0.825. The van der Waals surface area contributed by atoms with Crippen LogP contribution in [0.1, 0.15) is 24.5 Å². The molecule has 3 aromatic rings. The van der Waals surface area contributed by atoms with Crippen LogP contribution in [0.5, 0.6) is 0 Å². The maximum Gasteiger partial charge on any atom is 0.0460 e. The van der Waals surface area contributed by atoms with Crippen molar-refractivity contribution in [3.05, 3.63) is 71.9 Å². The van der Waals surface area contributed by atoms with Gasteiger partial charge in [-0.25, -0.2) is 0 Å². The van der Waals surface area contributed by atoms with Crippen LogP contribution in [0.2, 0.25) is 0 Å². The molecule has 23 heavy (non-hydrogen) atoms. The molecule has 116 valence electrons. The van der Waals surface area contributed by atoms with Crippen LogP contribution >= 0.6 is 0 Å². The summed E-state index contributed by atoms with van der Waals surface area (Å²) in [6, 6.07) is 17.5. The van der Waals surface area contributed by atoms with E-state index in [2.05, 4.69) is 71.4 Å². The van der Waals surface area contributed by atoms with E-state index in [0.717, 1.165) is 25.9 Å². The maximum atomic E-state index is 3.31. The highest BCUT2D eigenvalue weighted by molar-refractivity contribution is 5.92. The smallest absolute Gasteiger partial charge is 0.0460 e. The van der Waals surface area contributed by atoms with Crippen LogP contribution in [-0.4, -0.2) is 18.1 Å². The molecule has 2 heteroatoms. The number of hydrogen-bond acceptors (Lipinski definition) is 1. The first-order valence-electron chi connectivity index (χ1n) is 8.45. The summed E-state index contributed by atoms with van der Waals surface area (Å²) < 4.78 is 0. The molecule has 1 aliphatic heterocycles. The van der Waals surface area contributed by atoms with Gasteiger partial charge in [0.2, 0.25) is 0 Å². The molecule has 1 N–H and O–H groups in total. The number of nitrogens with zero attached hydrogens (tertiary/aromatic N) is 1. The van der Waals surface area contributed by atoms with Gasteiger partial charge in [0.05, 0.1) is 0 Å². The van der Waals surface area contributed by atoms with E-state index >= 15 is 0 Å². The van der Waals surface area contributed by atoms with Crippen LogP contribution < -0.4 is 4.90 Å². The van der Waals surface area contributed by atoms with Gasteiger partial charge in [0, 0.05) is 35.9 Å². The Morgan fingerprint density at radius 3 is 2.78 bits per heavy atom. The number of para-hydroxylation sites is 1. The standard InChI is InChI=1S/C21H22N2/c1-2-16-6-3-4-9-21(16)23-14-11-17(12-15-23)18-7-5-8-20-19(18)10-13-22-20/h3-11,13,22H,2,12,14-15H2,1H3. The third-order valence-electron chi connectivity index (χ3n) is 4.86. The van der Waals surface area contributed by atoms with Crippen molar-refractivity contribution in [3.8, 4) is 0 Å². The van der Waals surface area contributed by atoms with Gasteiger partial charge >= 0.3 is 0 Å². The number of H-pyrrole nitrogens is 1. The van der Waals surface area contributed by atoms with E-state index in [1.54, 1.807) is 0 Å². The summed E-state index contributed by atoms with van der Waals surface area (Å²) in [6.45, 7) is 4.31. The molecule has 0 aliphatic carbocycles. The lowest BCUT2D eigenvalue weighted by Gasteiger charge is -2.30. The maximum absolute atomic E-state index is 3.31.